The Balaban J connectivity index is 2.36. The van der Waals surface area contributed by atoms with Crippen LogP contribution in [0.15, 0.2) is 24.3 Å². The second-order valence-corrected chi connectivity index (χ2v) is 5.31. The molecule has 0 saturated heterocycles. The molecule has 0 fully saturated rings. The highest BCUT2D eigenvalue weighted by molar-refractivity contribution is 7.71. The number of rotatable bonds is 8. The van der Waals surface area contributed by atoms with Gasteiger partial charge in [-0.05, 0) is 24.3 Å². The van der Waals surface area contributed by atoms with E-state index in [4.69, 9.17) is 9.47 Å². The second-order valence-electron chi connectivity index (χ2n) is 3.60. The first-order valence-electron chi connectivity index (χ1n) is 5.76. The van der Waals surface area contributed by atoms with Crippen LogP contribution in [0, 0.1) is 0 Å². The molecule has 0 bridgehead atoms. The summed E-state index contributed by atoms with van der Waals surface area (Å²) in [4.78, 5) is 0. The molecule has 0 heterocycles. The zero-order valence-corrected chi connectivity index (χ0v) is 12.2. The average molecular weight is 318 g/mol. The van der Waals surface area contributed by atoms with Crippen molar-refractivity contribution < 1.29 is 26.3 Å². The largest absolute Gasteiger partial charge is 0.493 e. The van der Waals surface area contributed by atoms with Gasteiger partial charge in [0.25, 0.3) is 0 Å². The normalized spacial score (nSPS) is 9.60. The summed E-state index contributed by atoms with van der Waals surface area (Å²) in [6.07, 6.45) is 0.632. The molecule has 0 radical (unpaired) electrons. The van der Waals surface area contributed by atoms with Gasteiger partial charge in [0.05, 0.1) is 13.2 Å². The molecular weight excluding hydrogens is 304 g/mol. The van der Waals surface area contributed by atoms with Crippen LogP contribution < -0.4 is 9.47 Å². The first kappa shape index (κ1) is 16.3. The molecule has 110 valence electrons. The molecule has 0 saturated carbocycles. The summed E-state index contributed by atoms with van der Waals surface area (Å²) in [5.74, 6) is 1.21. The fourth-order valence-electron chi connectivity index (χ4n) is 1.27. The molecule has 0 aromatic heterocycles. The van der Waals surface area contributed by atoms with Crippen LogP contribution in [-0.4, -0.2) is 40.8 Å². The van der Waals surface area contributed by atoms with Gasteiger partial charge in [-0.2, -0.15) is 16.8 Å². The topological polar surface area (TPSA) is 86.7 Å². The summed E-state index contributed by atoms with van der Waals surface area (Å²) in [6, 6.07) is 6.77. The minimum Gasteiger partial charge on any atom is -0.493 e. The summed E-state index contributed by atoms with van der Waals surface area (Å²) < 4.78 is 51.7. The zero-order chi connectivity index (χ0) is 14.8. The monoisotopic (exact) mass is 318 g/mol. The summed E-state index contributed by atoms with van der Waals surface area (Å²) >= 11 is 0. The van der Waals surface area contributed by atoms with Crippen molar-refractivity contribution >= 4 is 31.3 Å². The molecule has 0 atom stereocenters. The van der Waals surface area contributed by atoms with E-state index >= 15 is 0 Å². The van der Waals surface area contributed by atoms with Gasteiger partial charge in [-0.25, -0.2) is 0 Å². The maximum absolute atomic E-state index is 10.3. The van der Waals surface area contributed by atoms with Crippen LogP contribution in [-0.2, 0) is 20.6 Å². The Labute approximate surface area is 120 Å². The van der Waals surface area contributed by atoms with Crippen molar-refractivity contribution in [3.8, 4) is 11.5 Å². The van der Waals surface area contributed by atoms with Crippen LogP contribution in [0.3, 0.4) is 0 Å². The van der Waals surface area contributed by atoms with E-state index in [-0.39, 0.29) is 13.2 Å². The van der Waals surface area contributed by atoms with Gasteiger partial charge in [0.1, 0.15) is 11.5 Å². The number of ether oxygens (including phenoxy) is 2. The lowest BCUT2D eigenvalue weighted by atomic mass is 10.3. The molecule has 0 N–H and O–H groups in total. The SMILES string of the molecule is O=S(=O)=CCCOc1ccc(OCCC=S(=O)=O)cc1. The van der Waals surface area contributed by atoms with Gasteiger partial charge in [-0.1, -0.05) is 0 Å². The molecule has 0 aliphatic carbocycles. The Bertz CT molecular complexity index is 594. The summed E-state index contributed by atoms with van der Waals surface area (Å²) in [5, 5.41) is 2.27. The van der Waals surface area contributed by atoms with Gasteiger partial charge in [0, 0.05) is 23.6 Å². The highest BCUT2D eigenvalue weighted by atomic mass is 32.2. The summed E-state index contributed by atoms with van der Waals surface area (Å²) in [6.45, 7) is 0.552. The fourth-order valence-corrected chi connectivity index (χ4v) is 1.85. The third kappa shape index (κ3) is 7.59. The second kappa shape index (κ2) is 9.16. The lowest BCUT2D eigenvalue weighted by Crippen LogP contribution is -1.99. The van der Waals surface area contributed by atoms with Crippen LogP contribution in [0.4, 0.5) is 0 Å². The van der Waals surface area contributed by atoms with Crippen molar-refractivity contribution in [2.75, 3.05) is 13.2 Å². The third-order valence-electron chi connectivity index (χ3n) is 2.10. The molecule has 20 heavy (non-hydrogen) atoms. The van der Waals surface area contributed by atoms with Crippen LogP contribution in [0.1, 0.15) is 12.8 Å². The molecule has 6 nitrogen and oxygen atoms in total. The van der Waals surface area contributed by atoms with E-state index in [1.807, 2.05) is 0 Å². The first-order valence-corrected chi connectivity index (χ1v) is 8.04. The van der Waals surface area contributed by atoms with Crippen LogP contribution in [0.2, 0.25) is 0 Å². The Morgan fingerprint density at radius 3 is 1.40 bits per heavy atom. The van der Waals surface area contributed by atoms with Crippen LogP contribution in [0.5, 0.6) is 11.5 Å². The molecule has 0 spiro atoms. The average Bonchev–Trinajstić information content (AvgIpc) is 2.41. The quantitative estimate of drug-likeness (QED) is 0.515. The number of hydrogen-bond acceptors (Lipinski definition) is 6. The van der Waals surface area contributed by atoms with Gasteiger partial charge >= 0.3 is 0 Å². The Hall–Kier alpha value is -1.80. The van der Waals surface area contributed by atoms with E-state index in [0.29, 0.717) is 24.3 Å². The van der Waals surface area contributed by atoms with Gasteiger partial charge in [-0.3, -0.25) is 0 Å². The molecule has 0 amide bonds. The van der Waals surface area contributed by atoms with E-state index in [1.54, 1.807) is 24.3 Å². The zero-order valence-electron chi connectivity index (χ0n) is 10.6. The minimum absolute atomic E-state index is 0.276. The summed E-state index contributed by atoms with van der Waals surface area (Å²) in [7, 11) is -4.31. The maximum atomic E-state index is 10.3. The molecule has 1 aromatic rings. The predicted octanol–water partition coefficient (Wildman–Crippen LogP) is 0.587. The van der Waals surface area contributed by atoms with E-state index < -0.39 is 20.6 Å². The molecule has 0 aliphatic rings. The lowest BCUT2D eigenvalue weighted by Gasteiger charge is -2.06. The maximum Gasteiger partial charge on any atom is 0.210 e. The highest BCUT2D eigenvalue weighted by Crippen LogP contribution is 2.17. The van der Waals surface area contributed by atoms with Crippen molar-refractivity contribution in [1.29, 1.82) is 0 Å². The number of benzene rings is 1. The molecular formula is C12H14O6S2. The first-order chi connectivity index (χ1) is 9.58. The molecule has 0 unspecified atom stereocenters. The van der Waals surface area contributed by atoms with E-state index in [1.165, 1.54) is 0 Å². The Morgan fingerprint density at radius 1 is 0.750 bits per heavy atom. The van der Waals surface area contributed by atoms with E-state index in [2.05, 4.69) is 0 Å². The highest BCUT2D eigenvalue weighted by Gasteiger charge is 1.96. The lowest BCUT2D eigenvalue weighted by molar-refractivity contribution is 0.321. The van der Waals surface area contributed by atoms with Gasteiger partial charge < -0.3 is 9.47 Å². The third-order valence-corrected chi connectivity index (χ3v) is 3.12. The molecule has 8 heteroatoms. The molecule has 1 rings (SSSR count). The standard InChI is InChI=1S/C12H14O6S2/c13-19(14)9-1-7-17-11-3-5-12(6-4-11)18-8-2-10-20(15)16/h3-6,9-10H,1-2,7-8H2. The smallest absolute Gasteiger partial charge is 0.210 e. The van der Waals surface area contributed by atoms with Crippen molar-refractivity contribution in [2.45, 2.75) is 12.8 Å². The fraction of sp³-hybridized carbons (Fsp3) is 0.333. The van der Waals surface area contributed by atoms with Crippen LogP contribution in [0.25, 0.3) is 0 Å². The van der Waals surface area contributed by atoms with E-state index in [9.17, 15) is 16.8 Å². The minimum atomic E-state index is -2.16. The predicted molar refractivity (Wildman–Crippen MR) is 76.6 cm³/mol. The van der Waals surface area contributed by atoms with Crippen molar-refractivity contribution in [3.63, 3.8) is 0 Å². The molecule has 1 aromatic carbocycles. The van der Waals surface area contributed by atoms with Crippen molar-refractivity contribution in [3.05, 3.63) is 24.3 Å². The van der Waals surface area contributed by atoms with Crippen molar-refractivity contribution in [1.82, 2.24) is 0 Å². The van der Waals surface area contributed by atoms with Crippen molar-refractivity contribution in [2.24, 2.45) is 0 Å². The van der Waals surface area contributed by atoms with Gasteiger partial charge in [0.15, 0.2) is 0 Å². The van der Waals surface area contributed by atoms with Gasteiger partial charge in [0.2, 0.25) is 20.6 Å². The van der Waals surface area contributed by atoms with Crippen LogP contribution >= 0.6 is 0 Å². The Morgan fingerprint density at radius 2 is 1.10 bits per heavy atom. The Kier molecular flexibility index (Phi) is 7.44. The van der Waals surface area contributed by atoms with E-state index in [0.717, 1.165) is 10.7 Å². The number of hydrogen-bond donors (Lipinski definition) is 0. The molecule has 0 aliphatic heterocycles. The van der Waals surface area contributed by atoms with Gasteiger partial charge in [-0.15, -0.1) is 0 Å². The summed E-state index contributed by atoms with van der Waals surface area (Å²) in [5.41, 5.74) is 0.